The Morgan fingerprint density at radius 3 is 2.70 bits per heavy atom. The SMILES string of the molecule is COCCOc1cc(F)cc(F)c1-c1c(-c2cc3n(n2)[C@@H](C)CN[C@@H]3C)nc(-c2ccc3cn(C)nc3c2)c2ccsc12. The topological polar surface area (TPSA) is 79.0 Å². The summed E-state index contributed by atoms with van der Waals surface area (Å²) in [6.07, 6.45) is 1.97. The molecule has 0 spiro atoms. The van der Waals surface area contributed by atoms with Gasteiger partial charge >= 0.3 is 0 Å². The summed E-state index contributed by atoms with van der Waals surface area (Å²) in [5, 5.41) is 17.0. The molecule has 0 bridgehead atoms. The smallest absolute Gasteiger partial charge is 0.137 e. The first kappa shape index (κ1) is 27.6. The molecule has 2 aromatic carbocycles. The maximum absolute atomic E-state index is 16.0. The van der Waals surface area contributed by atoms with Gasteiger partial charge in [-0.25, -0.2) is 13.8 Å². The number of methoxy groups -OCH3 is 1. The van der Waals surface area contributed by atoms with Crippen molar-refractivity contribution in [2.75, 3.05) is 26.9 Å². The van der Waals surface area contributed by atoms with Crippen molar-refractivity contribution in [3.05, 3.63) is 71.4 Å². The molecular weight excluding hydrogens is 570 g/mol. The van der Waals surface area contributed by atoms with Gasteiger partial charge < -0.3 is 14.8 Å². The minimum atomic E-state index is -0.736. The molecule has 0 aliphatic carbocycles. The maximum Gasteiger partial charge on any atom is 0.137 e. The van der Waals surface area contributed by atoms with Gasteiger partial charge in [-0.15, -0.1) is 11.3 Å². The number of ether oxygens (including phenoxy) is 2. The zero-order chi connectivity index (χ0) is 29.8. The van der Waals surface area contributed by atoms with Crippen LogP contribution in [0, 0.1) is 11.6 Å². The van der Waals surface area contributed by atoms with Crippen LogP contribution >= 0.6 is 11.3 Å². The van der Waals surface area contributed by atoms with Crippen LogP contribution in [0.5, 0.6) is 5.75 Å². The molecule has 0 amide bonds. The summed E-state index contributed by atoms with van der Waals surface area (Å²) in [5.41, 5.74) is 5.23. The Kier molecular flexibility index (Phi) is 6.95. The first-order chi connectivity index (χ1) is 20.8. The molecule has 43 heavy (non-hydrogen) atoms. The highest BCUT2D eigenvalue weighted by molar-refractivity contribution is 7.18. The lowest BCUT2D eigenvalue weighted by atomic mass is 9.96. The van der Waals surface area contributed by atoms with Gasteiger partial charge in [0.1, 0.15) is 35.4 Å². The number of rotatable bonds is 7. The summed E-state index contributed by atoms with van der Waals surface area (Å²) < 4.78 is 46.2. The van der Waals surface area contributed by atoms with Gasteiger partial charge in [-0.1, -0.05) is 12.1 Å². The van der Waals surface area contributed by atoms with E-state index in [1.54, 1.807) is 11.8 Å². The second-order valence-corrected chi connectivity index (χ2v) is 11.8. The fraction of sp³-hybridized carbons (Fsp3) is 0.281. The highest BCUT2D eigenvalue weighted by atomic mass is 32.1. The zero-order valence-electron chi connectivity index (χ0n) is 24.2. The van der Waals surface area contributed by atoms with E-state index in [4.69, 9.17) is 19.6 Å². The van der Waals surface area contributed by atoms with Gasteiger partial charge in [0.05, 0.1) is 35.1 Å². The molecule has 2 atom stereocenters. The monoisotopic (exact) mass is 600 g/mol. The van der Waals surface area contributed by atoms with Crippen LogP contribution in [0.1, 0.15) is 31.6 Å². The second-order valence-electron chi connectivity index (χ2n) is 10.9. The largest absolute Gasteiger partial charge is 0.490 e. The van der Waals surface area contributed by atoms with Crippen molar-refractivity contribution in [3.8, 4) is 39.5 Å². The Hall–Kier alpha value is -4.19. The Balaban J connectivity index is 1.53. The van der Waals surface area contributed by atoms with Gasteiger partial charge in [0.25, 0.3) is 0 Å². The molecule has 0 radical (unpaired) electrons. The zero-order valence-corrected chi connectivity index (χ0v) is 25.0. The summed E-state index contributed by atoms with van der Waals surface area (Å²) >= 11 is 1.47. The van der Waals surface area contributed by atoms with Gasteiger partial charge in [0.2, 0.25) is 0 Å². The van der Waals surface area contributed by atoms with E-state index in [2.05, 4.69) is 24.3 Å². The molecule has 220 valence electrons. The van der Waals surface area contributed by atoms with E-state index in [0.29, 0.717) is 17.0 Å². The quantitative estimate of drug-likeness (QED) is 0.201. The molecule has 6 aromatic rings. The standard InChI is InChI=1S/C32H30F2N6O2S/c1-17-15-35-18(2)26-14-25(38-40(17)26)31-29(28-23(34)12-21(33)13-27(28)42-9-8-41-4)32-22(7-10-43-32)30(36-31)19-5-6-20-16-39(3)37-24(20)11-19/h5-7,10-14,16-18,35H,8-9,15H2,1-4H3/t17-,18+/m0/s1. The molecule has 8 nitrogen and oxygen atoms in total. The molecule has 0 saturated heterocycles. The number of halogens is 2. The van der Waals surface area contributed by atoms with Crippen molar-refractivity contribution in [1.82, 2.24) is 29.9 Å². The molecule has 1 aliphatic rings. The number of hydrogen-bond acceptors (Lipinski definition) is 7. The van der Waals surface area contributed by atoms with Crippen LogP contribution < -0.4 is 10.1 Å². The van der Waals surface area contributed by atoms with Gasteiger partial charge in [0, 0.05) is 71.7 Å². The van der Waals surface area contributed by atoms with E-state index < -0.39 is 11.6 Å². The van der Waals surface area contributed by atoms with Crippen molar-refractivity contribution < 1.29 is 18.3 Å². The average Bonchev–Trinajstić information content (AvgIpc) is 3.72. The third-order valence-electron chi connectivity index (χ3n) is 7.90. The number of nitrogens with zero attached hydrogens (tertiary/aromatic N) is 5. The second kappa shape index (κ2) is 10.8. The summed E-state index contributed by atoms with van der Waals surface area (Å²) in [6, 6.07) is 12.4. The van der Waals surface area contributed by atoms with Crippen LogP contribution in [0.25, 0.3) is 54.8 Å². The Labute approximate surface area is 250 Å². The fourth-order valence-corrected chi connectivity index (χ4v) is 6.78. The van der Waals surface area contributed by atoms with Crippen LogP contribution in [0.4, 0.5) is 8.78 Å². The van der Waals surface area contributed by atoms with Crippen molar-refractivity contribution in [2.24, 2.45) is 7.05 Å². The lowest BCUT2D eigenvalue weighted by molar-refractivity contribution is 0.146. The number of benzene rings is 2. The summed E-state index contributed by atoms with van der Waals surface area (Å²) in [4.78, 5) is 5.23. The normalized spacial score (nSPS) is 16.7. The molecule has 0 saturated carbocycles. The Morgan fingerprint density at radius 1 is 1.02 bits per heavy atom. The highest BCUT2D eigenvalue weighted by Gasteiger charge is 2.29. The fourth-order valence-electron chi connectivity index (χ4n) is 5.83. The number of aromatic nitrogens is 5. The molecule has 0 unspecified atom stereocenters. The molecule has 11 heteroatoms. The van der Waals surface area contributed by atoms with Crippen LogP contribution in [0.2, 0.25) is 0 Å². The van der Waals surface area contributed by atoms with Crippen LogP contribution in [-0.2, 0) is 11.8 Å². The highest BCUT2D eigenvalue weighted by Crippen LogP contribution is 2.47. The lowest BCUT2D eigenvalue weighted by Gasteiger charge is -2.27. The Morgan fingerprint density at radius 2 is 1.88 bits per heavy atom. The van der Waals surface area contributed by atoms with Crippen LogP contribution in [-0.4, -0.2) is 51.4 Å². The summed E-state index contributed by atoms with van der Waals surface area (Å²) in [7, 11) is 3.44. The van der Waals surface area contributed by atoms with E-state index in [1.165, 1.54) is 17.4 Å². The first-order valence-electron chi connectivity index (χ1n) is 14.1. The van der Waals surface area contributed by atoms with Crippen molar-refractivity contribution >= 4 is 32.3 Å². The minimum absolute atomic E-state index is 0.0768. The number of aryl methyl sites for hydroxylation is 1. The molecule has 0 fully saturated rings. The number of thiophene rings is 1. The number of fused-ring (bicyclic) bond motifs is 3. The predicted octanol–water partition coefficient (Wildman–Crippen LogP) is 6.91. The van der Waals surface area contributed by atoms with Gasteiger partial charge in [-0.05, 0) is 37.4 Å². The van der Waals surface area contributed by atoms with Crippen LogP contribution in [0.3, 0.4) is 0 Å². The Bertz CT molecular complexity index is 1970. The van der Waals surface area contributed by atoms with Gasteiger partial charge in [-0.2, -0.15) is 10.2 Å². The lowest BCUT2D eigenvalue weighted by Crippen LogP contribution is -2.34. The van der Waals surface area contributed by atoms with Crippen LogP contribution in [0.15, 0.2) is 54.0 Å². The summed E-state index contributed by atoms with van der Waals surface area (Å²) in [5.74, 6) is -1.38. The van der Waals surface area contributed by atoms with Gasteiger partial charge in [0.15, 0.2) is 0 Å². The molecule has 5 heterocycles. The summed E-state index contributed by atoms with van der Waals surface area (Å²) in [6.45, 7) is 5.37. The minimum Gasteiger partial charge on any atom is -0.490 e. The van der Waals surface area contributed by atoms with E-state index in [-0.39, 0.29) is 36.6 Å². The van der Waals surface area contributed by atoms with Crippen molar-refractivity contribution in [3.63, 3.8) is 0 Å². The van der Waals surface area contributed by atoms with E-state index >= 15 is 4.39 Å². The molecule has 1 N–H and O–H groups in total. The van der Waals surface area contributed by atoms with E-state index in [0.717, 1.165) is 50.6 Å². The van der Waals surface area contributed by atoms with E-state index in [9.17, 15) is 4.39 Å². The van der Waals surface area contributed by atoms with E-state index in [1.807, 2.05) is 53.6 Å². The van der Waals surface area contributed by atoms with Crippen molar-refractivity contribution in [2.45, 2.75) is 25.9 Å². The van der Waals surface area contributed by atoms with Gasteiger partial charge in [-0.3, -0.25) is 9.36 Å². The number of hydrogen-bond donors (Lipinski definition) is 1. The molecular formula is C32H30F2N6O2S. The predicted molar refractivity (Wildman–Crippen MR) is 164 cm³/mol. The first-order valence-corrected chi connectivity index (χ1v) is 15.0. The third kappa shape index (κ3) is 4.77. The molecule has 4 aromatic heterocycles. The number of pyridine rings is 1. The molecule has 7 rings (SSSR count). The number of nitrogens with one attached hydrogen (secondary N) is 1. The maximum atomic E-state index is 16.0. The average molecular weight is 601 g/mol. The third-order valence-corrected chi connectivity index (χ3v) is 8.84. The molecule has 1 aliphatic heterocycles. The van der Waals surface area contributed by atoms with Crippen molar-refractivity contribution in [1.29, 1.82) is 0 Å².